The highest BCUT2D eigenvalue weighted by atomic mass is 32.2. The molecule has 1 unspecified atom stereocenters. The smallest absolute Gasteiger partial charge is 0.218 e. The highest BCUT2D eigenvalue weighted by Gasteiger charge is 2.32. The maximum atomic E-state index is 12.4. The Morgan fingerprint density at radius 3 is 2.35 bits per heavy atom. The van der Waals surface area contributed by atoms with Gasteiger partial charge in [-0.3, -0.25) is 0 Å². The first kappa shape index (κ1) is 15.4. The molecule has 1 aromatic rings. The monoisotopic (exact) mass is 297 g/mol. The number of hydrogen-bond acceptors (Lipinski definition) is 4. The lowest BCUT2D eigenvalue weighted by Gasteiger charge is -2.20. The first-order valence-electron chi connectivity index (χ1n) is 6.84. The van der Waals surface area contributed by atoms with E-state index in [2.05, 4.69) is 4.90 Å². The molecule has 6 heteroatoms. The van der Waals surface area contributed by atoms with E-state index in [0.717, 1.165) is 17.5 Å². The van der Waals surface area contributed by atoms with Crippen molar-refractivity contribution in [3.05, 3.63) is 35.4 Å². The minimum Gasteiger partial charge on any atom is -0.326 e. The molecule has 0 aromatic heterocycles. The van der Waals surface area contributed by atoms with Gasteiger partial charge in [-0.15, -0.1) is 0 Å². The highest BCUT2D eigenvalue weighted by molar-refractivity contribution is 7.88. The summed E-state index contributed by atoms with van der Waals surface area (Å²) in [5.41, 5.74) is 7.37. The van der Waals surface area contributed by atoms with Gasteiger partial charge >= 0.3 is 0 Å². The summed E-state index contributed by atoms with van der Waals surface area (Å²) < 4.78 is 26.4. The molecule has 0 spiro atoms. The summed E-state index contributed by atoms with van der Waals surface area (Å²) in [6.45, 7) is 1.69. The lowest BCUT2D eigenvalue weighted by Crippen LogP contribution is -2.35. The first-order chi connectivity index (χ1) is 9.42. The van der Waals surface area contributed by atoms with Crippen molar-refractivity contribution in [3.63, 3.8) is 0 Å². The first-order valence-corrected chi connectivity index (χ1v) is 8.45. The van der Waals surface area contributed by atoms with E-state index >= 15 is 0 Å². The summed E-state index contributed by atoms with van der Waals surface area (Å²) >= 11 is 0. The van der Waals surface area contributed by atoms with Gasteiger partial charge in [-0.1, -0.05) is 24.3 Å². The molecule has 1 fully saturated rings. The van der Waals surface area contributed by atoms with Crippen LogP contribution in [-0.4, -0.2) is 50.8 Å². The van der Waals surface area contributed by atoms with Gasteiger partial charge in [-0.05, 0) is 31.6 Å². The Labute approximate surface area is 121 Å². The van der Waals surface area contributed by atoms with E-state index in [4.69, 9.17) is 5.73 Å². The van der Waals surface area contributed by atoms with Crippen LogP contribution in [0.15, 0.2) is 24.3 Å². The second-order valence-corrected chi connectivity index (χ2v) is 7.51. The van der Waals surface area contributed by atoms with Crippen LogP contribution in [0.3, 0.4) is 0 Å². The molecular formula is C14H23N3O2S. The van der Waals surface area contributed by atoms with Gasteiger partial charge < -0.3 is 10.6 Å². The number of rotatable bonds is 5. The molecule has 2 N–H and O–H groups in total. The molecule has 0 bridgehead atoms. The van der Waals surface area contributed by atoms with Gasteiger partial charge in [0.05, 0.1) is 5.75 Å². The van der Waals surface area contributed by atoms with Gasteiger partial charge in [0.25, 0.3) is 0 Å². The van der Waals surface area contributed by atoms with Crippen molar-refractivity contribution in [2.24, 2.45) is 5.73 Å². The lowest BCUT2D eigenvalue weighted by molar-refractivity contribution is 0.302. The normalized spacial score (nSPS) is 20.7. The largest absolute Gasteiger partial charge is 0.326 e. The standard InChI is InChI=1S/C14H23N3O2S/c1-16(2)14-7-8-17(10-14)20(18,19)11-13-5-3-12(9-15)4-6-13/h3-6,14H,7-11,15H2,1-2H3. The fraction of sp³-hybridized carbons (Fsp3) is 0.571. The Morgan fingerprint density at radius 2 is 1.85 bits per heavy atom. The van der Waals surface area contributed by atoms with E-state index in [1.165, 1.54) is 0 Å². The minimum absolute atomic E-state index is 0.0675. The van der Waals surface area contributed by atoms with Crippen molar-refractivity contribution in [1.29, 1.82) is 0 Å². The maximum Gasteiger partial charge on any atom is 0.218 e. The lowest BCUT2D eigenvalue weighted by atomic mass is 10.1. The van der Waals surface area contributed by atoms with Gasteiger partial charge in [-0.25, -0.2) is 12.7 Å². The molecule has 0 radical (unpaired) electrons. The van der Waals surface area contributed by atoms with Crippen LogP contribution in [0.4, 0.5) is 0 Å². The molecule has 1 heterocycles. The summed E-state index contributed by atoms with van der Waals surface area (Å²) in [6.07, 6.45) is 0.901. The van der Waals surface area contributed by atoms with E-state index in [1.807, 2.05) is 38.4 Å². The Balaban J connectivity index is 2.04. The quantitative estimate of drug-likeness (QED) is 0.865. The van der Waals surface area contributed by atoms with E-state index in [9.17, 15) is 8.42 Å². The van der Waals surface area contributed by atoms with E-state index in [-0.39, 0.29) is 5.75 Å². The van der Waals surface area contributed by atoms with E-state index < -0.39 is 10.0 Å². The van der Waals surface area contributed by atoms with Crippen LogP contribution in [0.1, 0.15) is 17.5 Å². The Kier molecular flexibility index (Phi) is 4.80. The fourth-order valence-electron chi connectivity index (χ4n) is 2.46. The zero-order chi connectivity index (χ0) is 14.8. The maximum absolute atomic E-state index is 12.4. The third kappa shape index (κ3) is 3.58. The third-order valence-corrected chi connectivity index (χ3v) is 5.67. The second-order valence-electron chi connectivity index (χ2n) is 5.54. The number of nitrogens with two attached hydrogens (primary N) is 1. The summed E-state index contributed by atoms with van der Waals surface area (Å²) in [4.78, 5) is 2.09. The van der Waals surface area contributed by atoms with Gasteiger partial charge in [0.2, 0.25) is 10.0 Å². The fourth-order valence-corrected chi connectivity index (χ4v) is 4.04. The van der Waals surface area contributed by atoms with Crippen LogP contribution < -0.4 is 5.73 Å². The molecule has 1 atom stereocenters. The molecule has 1 saturated heterocycles. The Morgan fingerprint density at radius 1 is 1.25 bits per heavy atom. The van der Waals surface area contributed by atoms with Gasteiger partial charge in [0.15, 0.2) is 0 Å². The second kappa shape index (κ2) is 6.22. The van der Waals surface area contributed by atoms with Gasteiger partial charge in [0, 0.05) is 25.7 Å². The predicted octanol–water partition coefficient (Wildman–Crippen LogP) is 0.611. The average molecular weight is 297 g/mol. The summed E-state index contributed by atoms with van der Waals surface area (Å²) in [5, 5.41) is 0. The number of likely N-dealkylation sites (N-methyl/N-ethyl adjacent to an activating group) is 1. The number of benzene rings is 1. The molecule has 2 rings (SSSR count). The van der Waals surface area contributed by atoms with Crippen molar-refractivity contribution in [2.45, 2.75) is 24.8 Å². The molecule has 0 saturated carbocycles. The molecular weight excluding hydrogens is 274 g/mol. The molecule has 0 aliphatic carbocycles. The van der Waals surface area contributed by atoms with Crippen LogP contribution in [0.2, 0.25) is 0 Å². The van der Waals surface area contributed by atoms with Crippen molar-refractivity contribution in [1.82, 2.24) is 9.21 Å². The molecule has 20 heavy (non-hydrogen) atoms. The van der Waals surface area contributed by atoms with Crippen molar-refractivity contribution < 1.29 is 8.42 Å². The number of hydrogen-bond donors (Lipinski definition) is 1. The molecule has 1 aromatic carbocycles. The molecule has 112 valence electrons. The number of nitrogens with zero attached hydrogens (tertiary/aromatic N) is 2. The van der Waals surface area contributed by atoms with Gasteiger partial charge in [0.1, 0.15) is 0 Å². The average Bonchev–Trinajstić information content (AvgIpc) is 2.90. The number of sulfonamides is 1. The highest BCUT2D eigenvalue weighted by Crippen LogP contribution is 2.20. The van der Waals surface area contributed by atoms with Crippen molar-refractivity contribution >= 4 is 10.0 Å². The van der Waals surface area contributed by atoms with Gasteiger partial charge in [-0.2, -0.15) is 0 Å². The van der Waals surface area contributed by atoms with Crippen molar-refractivity contribution in [3.8, 4) is 0 Å². The summed E-state index contributed by atoms with van der Waals surface area (Å²) in [5.74, 6) is 0.0675. The SMILES string of the molecule is CN(C)C1CCN(S(=O)(=O)Cc2ccc(CN)cc2)C1. The summed E-state index contributed by atoms with van der Waals surface area (Å²) in [7, 11) is 0.761. The zero-order valence-electron chi connectivity index (χ0n) is 12.1. The van der Waals surface area contributed by atoms with E-state index in [1.54, 1.807) is 4.31 Å². The van der Waals surface area contributed by atoms with E-state index in [0.29, 0.717) is 25.7 Å². The van der Waals surface area contributed by atoms with Crippen LogP contribution >= 0.6 is 0 Å². The van der Waals surface area contributed by atoms with Crippen LogP contribution in [0, 0.1) is 0 Å². The molecule has 0 amide bonds. The third-order valence-electron chi connectivity index (χ3n) is 3.86. The Bertz CT molecular complexity index is 540. The topological polar surface area (TPSA) is 66.6 Å². The van der Waals surface area contributed by atoms with Crippen molar-refractivity contribution in [2.75, 3.05) is 27.2 Å². The molecule has 1 aliphatic heterocycles. The minimum atomic E-state index is -3.22. The molecule has 1 aliphatic rings. The van der Waals surface area contributed by atoms with Crippen LogP contribution in [-0.2, 0) is 22.3 Å². The Hall–Kier alpha value is -0.950. The summed E-state index contributed by atoms with van der Waals surface area (Å²) in [6, 6.07) is 7.79. The van der Waals surface area contributed by atoms with Crippen LogP contribution in [0.25, 0.3) is 0 Å². The molecule has 5 nitrogen and oxygen atoms in total. The zero-order valence-corrected chi connectivity index (χ0v) is 12.9. The predicted molar refractivity (Wildman–Crippen MR) is 80.6 cm³/mol. The van der Waals surface area contributed by atoms with Crippen LogP contribution in [0.5, 0.6) is 0 Å².